The van der Waals surface area contributed by atoms with Crippen LogP contribution in [0.15, 0.2) is 0 Å². The van der Waals surface area contributed by atoms with Crippen LogP contribution >= 0.6 is 23.5 Å². The normalized spacial score (nSPS) is 23.1. The molecule has 4 fully saturated rings. The summed E-state index contributed by atoms with van der Waals surface area (Å²) in [5.41, 5.74) is 4.53. The number of carbonyl (C=O) groups excluding carboxylic acids is 6. The van der Waals surface area contributed by atoms with E-state index in [9.17, 15) is 28.8 Å². The van der Waals surface area contributed by atoms with Gasteiger partial charge in [-0.2, -0.15) is 0 Å². The molecule has 0 bridgehead atoms. The number of carbonyl (C=O) groups is 6. The molecule has 5 amide bonds. The number of hydrogen-bond acceptors (Lipinski definition) is 9. The zero-order valence-electron chi connectivity index (χ0n) is 26.3. The summed E-state index contributed by atoms with van der Waals surface area (Å²) in [5.74, 6) is -1.28. The van der Waals surface area contributed by atoms with Gasteiger partial charge in [-0.05, 0) is 42.4 Å². The van der Waals surface area contributed by atoms with Crippen molar-refractivity contribution in [3.05, 3.63) is 0 Å². The van der Waals surface area contributed by atoms with E-state index in [-0.39, 0.29) is 18.4 Å². The molecule has 2 heterocycles. The number of urea groups is 1. The minimum Gasteiger partial charge on any atom is -0.464 e. The van der Waals surface area contributed by atoms with E-state index in [1.54, 1.807) is 37.4 Å². The quantitative estimate of drug-likeness (QED) is 0.171. The Morgan fingerprint density at radius 3 is 2.09 bits per heavy atom. The number of primary amides is 1. The van der Waals surface area contributed by atoms with Crippen LogP contribution in [0.2, 0.25) is 0 Å². The highest BCUT2D eigenvalue weighted by Crippen LogP contribution is 2.52. The van der Waals surface area contributed by atoms with Crippen molar-refractivity contribution in [3.63, 3.8) is 0 Å². The van der Waals surface area contributed by atoms with Crippen molar-refractivity contribution >= 4 is 59.0 Å². The molecule has 1 spiro atoms. The first-order chi connectivity index (χ1) is 20.6. The van der Waals surface area contributed by atoms with Crippen LogP contribution in [0, 0.1) is 23.2 Å². The fourth-order valence-corrected chi connectivity index (χ4v) is 8.83. The summed E-state index contributed by atoms with van der Waals surface area (Å²) in [4.78, 5) is 79.9. The molecule has 0 radical (unpaired) electrons. The zero-order chi connectivity index (χ0) is 32.4. The third-order valence-corrected chi connectivity index (χ3v) is 12.0. The number of ketones is 1. The summed E-state index contributed by atoms with van der Waals surface area (Å²) in [6.07, 6.45) is 4.58. The first-order valence-corrected chi connectivity index (χ1v) is 17.5. The van der Waals surface area contributed by atoms with Crippen molar-refractivity contribution in [2.24, 2.45) is 28.9 Å². The van der Waals surface area contributed by atoms with Crippen molar-refractivity contribution in [1.82, 2.24) is 20.9 Å². The first-order valence-electron chi connectivity index (χ1n) is 15.6. The molecule has 2 unspecified atom stereocenters. The molecule has 0 aromatic rings. The van der Waals surface area contributed by atoms with Gasteiger partial charge in [0.05, 0.1) is 16.7 Å². The number of Topliss-reactive ketones (excluding diaryl/α,β-unsaturated/α-hetero) is 1. The van der Waals surface area contributed by atoms with Crippen LogP contribution in [0.3, 0.4) is 0 Å². The molecule has 0 aromatic carbocycles. The number of nitrogens with two attached hydrogens (primary N) is 1. The minimum atomic E-state index is -1.10. The van der Waals surface area contributed by atoms with Gasteiger partial charge in [0.25, 0.3) is 5.91 Å². The molecule has 4 atom stereocenters. The Hall–Kier alpha value is -2.48. The van der Waals surface area contributed by atoms with Crippen LogP contribution < -0.4 is 21.7 Å². The van der Waals surface area contributed by atoms with Crippen molar-refractivity contribution in [3.8, 4) is 0 Å². The SMILES string of the molecule is CC(C)[C@H](NC(=O)N[C@H](C(=O)N1CC2(CC1C(=O)NC(CC1CC1)C(=O)C(N)=O)SCCS2)C(C)(C)C)C(=O)OCC1CC1. The molecule has 44 heavy (non-hydrogen) atoms. The van der Waals surface area contributed by atoms with Gasteiger partial charge in [0.15, 0.2) is 0 Å². The fraction of sp³-hybridized carbons (Fsp3) is 0.800. The smallest absolute Gasteiger partial charge is 0.328 e. The highest BCUT2D eigenvalue weighted by molar-refractivity contribution is 8.21. The Balaban J connectivity index is 1.50. The molecule has 2 aliphatic heterocycles. The van der Waals surface area contributed by atoms with Crippen molar-refractivity contribution in [2.75, 3.05) is 24.7 Å². The van der Waals surface area contributed by atoms with E-state index < -0.39 is 69.2 Å². The van der Waals surface area contributed by atoms with Crippen molar-refractivity contribution < 1.29 is 33.5 Å². The van der Waals surface area contributed by atoms with E-state index in [1.807, 2.05) is 20.8 Å². The molecule has 12 nitrogen and oxygen atoms in total. The Morgan fingerprint density at radius 2 is 1.57 bits per heavy atom. The van der Waals surface area contributed by atoms with Crippen LogP contribution in [-0.4, -0.2) is 93.3 Å². The summed E-state index contributed by atoms with van der Waals surface area (Å²) in [5, 5.41) is 8.23. The summed E-state index contributed by atoms with van der Waals surface area (Å²) in [7, 11) is 0. The van der Waals surface area contributed by atoms with Crippen molar-refractivity contribution in [2.45, 2.75) is 101 Å². The summed E-state index contributed by atoms with van der Waals surface area (Å²) >= 11 is 3.40. The lowest BCUT2D eigenvalue weighted by atomic mass is 9.85. The Bertz CT molecular complexity index is 1150. The second-order valence-electron chi connectivity index (χ2n) is 14.0. The molecule has 5 N–H and O–H groups in total. The van der Waals surface area contributed by atoms with E-state index in [0.717, 1.165) is 37.2 Å². The highest BCUT2D eigenvalue weighted by Gasteiger charge is 2.53. The molecule has 2 saturated heterocycles. The van der Waals surface area contributed by atoms with E-state index in [4.69, 9.17) is 10.5 Å². The number of thioether (sulfide) groups is 2. The van der Waals surface area contributed by atoms with E-state index in [0.29, 0.717) is 25.4 Å². The second-order valence-corrected chi connectivity index (χ2v) is 17.2. The topological polar surface area (TPSA) is 177 Å². The highest BCUT2D eigenvalue weighted by atomic mass is 32.2. The third kappa shape index (κ3) is 8.82. The van der Waals surface area contributed by atoms with Gasteiger partial charge < -0.3 is 31.3 Å². The van der Waals surface area contributed by atoms with Crippen LogP contribution in [0.1, 0.15) is 73.1 Å². The monoisotopic (exact) mass is 653 g/mol. The number of likely N-dealkylation sites (tertiary alicyclic amines) is 1. The lowest BCUT2D eigenvalue weighted by molar-refractivity contribution is -0.147. The predicted molar refractivity (Wildman–Crippen MR) is 168 cm³/mol. The standard InChI is InChI=1S/C30H47N5O7S2/c1-16(2)21(27(40)42-14-18-8-9-18)33-28(41)34-23(29(3,4)5)26(39)35-15-30(43-10-11-44-30)13-20(35)25(38)32-19(12-17-6-7-17)22(36)24(31)37/h16-21,23H,6-15H2,1-5H3,(H2,31,37)(H,32,38)(H2,33,34,41)/t19?,20?,21-,23+/m0/s1. The molecule has 4 aliphatic rings. The van der Waals surface area contributed by atoms with Crippen LogP contribution in [0.4, 0.5) is 4.79 Å². The molecular weight excluding hydrogens is 606 g/mol. The lowest BCUT2D eigenvalue weighted by Gasteiger charge is -2.36. The van der Waals surface area contributed by atoms with Gasteiger partial charge in [-0.25, -0.2) is 9.59 Å². The summed E-state index contributed by atoms with van der Waals surface area (Å²) in [6, 6.07) is -4.56. The maximum atomic E-state index is 14.3. The average molecular weight is 654 g/mol. The Labute approximate surface area is 267 Å². The van der Waals surface area contributed by atoms with Crippen LogP contribution in [-0.2, 0) is 28.7 Å². The number of rotatable bonds is 13. The molecule has 2 aliphatic carbocycles. The van der Waals surface area contributed by atoms with E-state index in [2.05, 4.69) is 16.0 Å². The summed E-state index contributed by atoms with van der Waals surface area (Å²) < 4.78 is 5.02. The molecule has 14 heteroatoms. The number of ether oxygens (including phenoxy) is 1. The molecule has 246 valence electrons. The second kappa shape index (κ2) is 13.9. The van der Waals surface area contributed by atoms with Crippen LogP contribution in [0.5, 0.6) is 0 Å². The molecular formula is C30H47N5O7S2. The molecule has 4 rings (SSSR count). The van der Waals surface area contributed by atoms with Gasteiger partial charge in [0, 0.05) is 24.5 Å². The van der Waals surface area contributed by atoms with Gasteiger partial charge in [0.2, 0.25) is 17.6 Å². The maximum Gasteiger partial charge on any atom is 0.328 e. The average Bonchev–Trinajstić information content (AvgIpc) is 3.88. The minimum absolute atomic E-state index is 0.242. The largest absolute Gasteiger partial charge is 0.464 e. The van der Waals surface area contributed by atoms with Gasteiger partial charge in [-0.3, -0.25) is 19.2 Å². The zero-order valence-corrected chi connectivity index (χ0v) is 27.9. The maximum absolute atomic E-state index is 14.3. The van der Waals surface area contributed by atoms with E-state index in [1.165, 1.54) is 4.90 Å². The fourth-order valence-electron chi connectivity index (χ4n) is 5.57. The number of esters is 1. The Morgan fingerprint density at radius 1 is 0.955 bits per heavy atom. The molecule has 0 aromatic heterocycles. The number of hydrogen-bond donors (Lipinski definition) is 4. The Kier molecular flexibility index (Phi) is 10.9. The van der Waals surface area contributed by atoms with Gasteiger partial charge >= 0.3 is 12.0 Å². The molecule has 2 saturated carbocycles. The van der Waals surface area contributed by atoms with Gasteiger partial charge in [-0.1, -0.05) is 47.5 Å². The van der Waals surface area contributed by atoms with Crippen molar-refractivity contribution in [1.29, 1.82) is 0 Å². The summed E-state index contributed by atoms with van der Waals surface area (Å²) in [6.45, 7) is 9.67. The predicted octanol–water partition coefficient (Wildman–Crippen LogP) is 1.79. The number of nitrogens with zero attached hydrogens (tertiary/aromatic N) is 1. The number of amides is 5. The lowest BCUT2D eigenvalue weighted by Crippen LogP contribution is -2.61. The number of nitrogens with one attached hydrogen (secondary N) is 3. The first kappa shape index (κ1) is 34.4. The van der Waals surface area contributed by atoms with Gasteiger partial charge in [-0.15, -0.1) is 23.5 Å². The van der Waals surface area contributed by atoms with Gasteiger partial charge in [0.1, 0.15) is 18.1 Å². The van der Waals surface area contributed by atoms with E-state index >= 15 is 0 Å². The third-order valence-electron chi connectivity index (χ3n) is 8.59. The van der Waals surface area contributed by atoms with Crippen LogP contribution in [0.25, 0.3) is 0 Å².